The van der Waals surface area contributed by atoms with Gasteiger partial charge in [0.15, 0.2) is 5.49 Å². The number of carbonyl (C=O) groups excluding carboxylic acids is 1. The van der Waals surface area contributed by atoms with Crippen LogP contribution in [0.15, 0.2) is 45.6 Å². The van der Waals surface area contributed by atoms with Crippen LogP contribution in [0.2, 0.25) is 5.02 Å². The van der Waals surface area contributed by atoms with E-state index >= 15 is 0 Å². The largest absolute Gasteiger partial charge is 0.457 e. The van der Waals surface area contributed by atoms with E-state index in [9.17, 15) is 9.59 Å². The summed E-state index contributed by atoms with van der Waals surface area (Å²) in [4.78, 5) is 30.9. The number of aromatic nitrogens is 3. The first-order valence-corrected chi connectivity index (χ1v) is 11.3. The SMILES string of the molecule is N=c1/c(=C/c2ccc(-c3ccc(Cl)cc3)o2)c(=O)nc2s/c(=C/C(=O)N3CCOCC3)[nH]n1-2. The Bertz CT molecular complexity index is 1530. The third-order valence-corrected chi connectivity index (χ3v) is 6.28. The second kappa shape index (κ2) is 8.81. The first kappa shape index (κ1) is 21.4. The molecule has 168 valence electrons. The molecule has 1 aromatic carbocycles. The zero-order valence-electron chi connectivity index (χ0n) is 17.2. The summed E-state index contributed by atoms with van der Waals surface area (Å²) in [6, 6.07) is 10.7. The fraction of sp³-hybridized carbons (Fsp3) is 0.182. The number of nitrogens with zero attached hydrogens (tertiary/aromatic N) is 3. The number of halogens is 1. The van der Waals surface area contributed by atoms with Crippen LogP contribution in [0.1, 0.15) is 5.76 Å². The number of fused-ring (bicyclic) bond motifs is 1. The Morgan fingerprint density at radius 3 is 2.70 bits per heavy atom. The predicted molar refractivity (Wildman–Crippen MR) is 123 cm³/mol. The van der Waals surface area contributed by atoms with Gasteiger partial charge in [-0.15, -0.1) is 0 Å². The number of hydrogen-bond donors (Lipinski definition) is 2. The molecular formula is C22H18ClN5O4S. The Kier molecular flexibility index (Phi) is 5.71. The Morgan fingerprint density at radius 2 is 1.94 bits per heavy atom. The topological polar surface area (TPSA) is 117 Å². The van der Waals surface area contributed by atoms with Gasteiger partial charge < -0.3 is 14.1 Å². The molecule has 2 aromatic rings. The van der Waals surface area contributed by atoms with E-state index in [0.717, 1.165) is 16.9 Å². The van der Waals surface area contributed by atoms with E-state index in [0.29, 0.717) is 52.6 Å². The van der Waals surface area contributed by atoms with Crippen LogP contribution >= 0.6 is 22.9 Å². The zero-order chi connectivity index (χ0) is 22.9. The van der Waals surface area contributed by atoms with Gasteiger partial charge in [0, 0.05) is 29.8 Å². The number of nitrogens with one attached hydrogen (secondary N) is 2. The van der Waals surface area contributed by atoms with E-state index in [2.05, 4.69) is 10.1 Å². The zero-order valence-corrected chi connectivity index (χ0v) is 18.8. The average Bonchev–Trinajstić information content (AvgIpc) is 3.45. The molecule has 2 N–H and O–H groups in total. The molecule has 3 aliphatic heterocycles. The van der Waals surface area contributed by atoms with Gasteiger partial charge in [-0.05, 0) is 42.5 Å². The lowest BCUT2D eigenvalue weighted by Crippen LogP contribution is -2.47. The summed E-state index contributed by atoms with van der Waals surface area (Å²) < 4.78 is 13.0. The van der Waals surface area contributed by atoms with E-state index < -0.39 is 5.56 Å². The highest BCUT2D eigenvalue weighted by Crippen LogP contribution is 2.23. The second-order valence-corrected chi connectivity index (χ2v) is 8.76. The smallest absolute Gasteiger partial charge is 0.283 e. The summed E-state index contributed by atoms with van der Waals surface area (Å²) >= 11 is 7.06. The Labute approximate surface area is 195 Å². The van der Waals surface area contributed by atoms with Crippen molar-refractivity contribution in [3.63, 3.8) is 0 Å². The summed E-state index contributed by atoms with van der Waals surface area (Å²) in [5.41, 5.74) is 0.210. The minimum absolute atomic E-state index is 0.0737. The molecule has 1 fully saturated rings. The molecule has 0 aliphatic carbocycles. The van der Waals surface area contributed by atoms with Gasteiger partial charge in [0.05, 0.1) is 18.4 Å². The van der Waals surface area contributed by atoms with E-state index in [4.69, 9.17) is 26.2 Å². The molecular weight excluding hydrogens is 466 g/mol. The molecule has 0 spiro atoms. The van der Waals surface area contributed by atoms with E-state index in [1.54, 1.807) is 29.2 Å². The number of carbonyl (C=O) groups is 1. The first-order valence-electron chi connectivity index (χ1n) is 10.1. The molecule has 0 atom stereocenters. The van der Waals surface area contributed by atoms with Gasteiger partial charge in [-0.25, -0.2) is 4.68 Å². The maximum Gasteiger partial charge on any atom is 0.283 e. The number of amides is 1. The third kappa shape index (κ3) is 4.40. The second-order valence-electron chi connectivity index (χ2n) is 7.31. The Balaban J connectivity index is 1.51. The number of ether oxygens (including phenoxy) is 1. The third-order valence-electron chi connectivity index (χ3n) is 5.14. The van der Waals surface area contributed by atoms with Gasteiger partial charge in [0.1, 0.15) is 16.2 Å². The lowest BCUT2D eigenvalue weighted by atomic mass is 10.2. The van der Waals surface area contributed by atoms with Crippen LogP contribution in [0.5, 0.6) is 0 Å². The Morgan fingerprint density at radius 1 is 1.18 bits per heavy atom. The maximum atomic E-state index is 12.6. The summed E-state index contributed by atoms with van der Waals surface area (Å²) in [7, 11) is 0. The van der Waals surface area contributed by atoms with Crippen molar-refractivity contribution in [1.82, 2.24) is 19.7 Å². The van der Waals surface area contributed by atoms with Crippen molar-refractivity contribution in [1.29, 1.82) is 5.41 Å². The first-order chi connectivity index (χ1) is 16.0. The van der Waals surface area contributed by atoms with Crippen molar-refractivity contribution >= 4 is 41.0 Å². The molecule has 1 amide bonds. The van der Waals surface area contributed by atoms with Crippen LogP contribution in [0.3, 0.4) is 0 Å². The maximum absolute atomic E-state index is 12.6. The van der Waals surface area contributed by atoms with Gasteiger partial charge in [-0.3, -0.25) is 20.1 Å². The lowest BCUT2D eigenvalue weighted by molar-refractivity contribution is -0.128. The molecule has 0 bridgehead atoms. The van der Waals surface area contributed by atoms with Crippen LogP contribution in [-0.2, 0) is 9.53 Å². The van der Waals surface area contributed by atoms with Crippen molar-refractivity contribution < 1.29 is 13.9 Å². The lowest BCUT2D eigenvalue weighted by Gasteiger charge is -2.25. The minimum atomic E-state index is -0.550. The van der Waals surface area contributed by atoms with Crippen LogP contribution in [0.25, 0.3) is 28.6 Å². The number of furan rings is 1. The fourth-order valence-corrected chi connectivity index (χ4v) is 4.42. The van der Waals surface area contributed by atoms with E-state index in [-0.39, 0.29) is 16.6 Å². The highest BCUT2D eigenvalue weighted by molar-refractivity contribution is 7.11. The molecule has 4 heterocycles. The number of morpholine rings is 1. The van der Waals surface area contributed by atoms with E-state index in [1.165, 1.54) is 16.8 Å². The highest BCUT2D eigenvalue weighted by Gasteiger charge is 2.16. The summed E-state index contributed by atoms with van der Waals surface area (Å²) in [5.74, 6) is 0.865. The van der Waals surface area contributed by atoms with Crippen molar-refractivity contribution in [3.05, 3.63) is 72.9 Å². The number of rotatable bonds is 3. The number of aromatic amines is 1. The van der Waals surface area contributed by atoms with Crippen molar-refractivity contribution in [2.45, 2.75) is 0 Å². The predicted octanol–water partition coefficient (Wildman–Crippen LogP) is 0.921. The fourth-order valence-electron chi connectivity index (χ4n) is 3.44. The monoisotopic (exact) mass is 483 g/mol. The quantitative estimate of drug-likeness (QED) is 0.449. The van der Waals surface area contributed by atoms with Gasteiger partial charge >= 0.3 is 0 Å². The van der Waals surface area contributed by atoms with Crippen molar-refractivity contribution in [3.8, 4) is 16.5 Å². The molecule has 0 unspecified atom stereocenters. The summed E-state index contributed by atoms with van der Waals surface area (Å²) in [6.07, 6.45) is 2.93. The van der Waals surface area contributed by atoms with Gasteiger partial charge in [-0.2, -0.15) is 4.98 Å². The highest BCUT2D eigenvalue weighted by atomic mass is 35.5. The molecule has 0 radical (unpaired) electrons. The van der Waals surface area contributed by atoms with Crippen molar-refractivity contribution in [2.75, 3.05) is 26.3 Å². The number of H-pyrrole nitrogens is 1. The Hall–Kier alpha value is -3.47. The standard InChI is InChI=1S/C22H18ClN5O4S/c23-14-3-1-13(2-4-14)17-6-5-15(32-17)11-16-20(24)28-22(25-21(16)30)33-18(26-28)12-19(29)27-7-9-31-10-8-27/h1-6,11-12,24,26H,7-10H2/b16-11-,18-12+,24-20?. The van der Waals surface area contributed by atoms with Gasteiger partial charge in [0.25, 0.3) is 5.56 Å². The molecule has 1 saturated heterocycles. The minimum Gasteiger partial charge on any atom is -0.457 e. The molecule has 33 heavy (non-hydrogen) atoms. The van der Waals surface area contributed by atoms with Crippen LogP contribution < -0.4 is 20.9 Å². The van der Waals surface area contributed by atoms with Crippen molar-refractivity contribution in [2.24, 2.45) is 0 Å². The van der Waals surface area contributed by atoms with Crippen LogP contribution in [0, 0.1) is 5.41 Å². The number of benzene rings is 1. The molecule has 5 rings (SSSR count). The molecule has 1 aromatic heterocycles. The molecule has 0 saturated carbocycles. The summed E-state index contributed by atoms with van der Waals surface area (Å²) in [6.45, 7) is 2.07. The molecule has 9 nitrogen and oxygen atoms in total. The van der Waals surface area contributed by atoms with Crippen LogP contribution in [0.4, 0.5) is 0 Å². The summed E-state index contributed by atoms with van der Waals surface area (Å²) in [5, 5.41) is 12.5. The molecule has 3 aliphatic rings. The molecule has 11 heteroatoms. The van der Waals surface area contributed by atoms with Gasteiger partial charge in [0.2, 0.25) is 11.0 Å². The van der Waals surface area contributed by atoms with Gasteiger partial charge in [-0.1, -0.05) is 22.9 Å². The average molecular weight is 484 g/mol. The number of hydrogen-bond acceptors (Lipinski definition) is 7. The van der Waals surface area contributed by atoms with Crippen LogP contribution in [-0.4, -0.2) is 51.9 Å². The van der Waals surface area contributed by atoms with E-state index in [1.807, 2.05) is 12.1 Å². The normalized spacial score (nSPS) is 15.5.